The van der Waals surface area contributed by atoms with E-state index in [1.807, 2.05) is 61.1 Å². The molecule has 0 spiro atoms. The lowest BCUT2D eigenvalue weighted by atomic mass is 10.0. The van der Waals surface area contributed by atoms with Crippen LogP contribution in [0.25, 0.3) is 11.0 Å². The highest BCUT2D eigenvalue weighted by Crippen LogP contribution is 2.22. The first-order valence-corrected chi connectivity index (χ1v) is 14.3. The Morgan fingerprint density at radius 2 is 1.53 bits per heavy atom. The number of nitrogens with zero attached hydrogens (tertiary/aromatic N) is 4. The topological polar surface area (TPSA) is 104 Å². The molecular weight excluding hydrogens is 542 g/mol. The molecule has 0 fully saturated rings. The molecule has 5 aromatic rings. The Bertz CT molecular complexity index is 1770. The summed E-state index contributed by atoms with van der Waals surface area (Å²) in [4.78, 5) is 30.8. The van der Waals surface area contributed by atoms with Gasteiger partial charge in [-0.25, -0.2) is 4.79 Å². The van der Waals surface area contributed by atoms with Gasteiger partial charge in [0.15, 0.2) is 0 Å². The number of nitrogens with one attached hydrogen (secondary N) is 1. The van der Waals surface area contributed by atoms with Gasteiger partial charge in [-0.15, -0.1) is 4.99 Å². The van der Waals surface area contributed by atoms with E-state index in [0.717, 1.165) is 33.3 Å². The molecule has 43 heavy (non-hydrogen) atoms. The summed E-state index contributed by atoms with van der Waals surface area (Å²) in [6.07, 6.45) is 1.31. The third-order valence-corrected chi connectivity index (χ3v) is 7.05. The summed E-state index contributed by atoms with van der Waals surface area (Å²) >= 11 is 0. The summed E-state index contributed by atoms with van der Waals surface area (Å²) in [6.45, 7) is 10.3. The Morgan fingerprint density at radius 1 is 0.907 bits per heavy atom. The van der Waals surface area contributed by atoms with Crippen molar-refractivity contribution in [1.29, 1.82) is 0 Å². The second-order valence-corrected chi connectivity index (χ2v) is 11.8. The van der Waals surface area contributed by atoms with Crippen LogP contribution in [0.5, 0.6) is 0 Å². The first kappa shape index (κ1) is 29.6. The molecule has 9 nitrogen and oxygen atoms in total. The molecule has 0 aliphatic carbocycles. The van der Waals surface area contributed by atoms with Crippen molar-refractivity contribution in [2.24, 2.45) is 4.99 Å². The van der Waals surface area contributed by atoms with Gasteiger partial charge in [-0.2, -0.15) is 0 Å². The van der Waals surface area contributed by atoms with Crippen LogP contribution in [-0.2, 0) is 17.7 Å². The molecule has 0 saturated heterocycles. The molecule has 0 bridgehead atoms. The first-order chi connectivity index (χ1) is 20.6. The molecule has 1 atom stereocenters. The van der Waals surface area contributed by atoms with Gasteiger partial charge in [0.25, 0.3) is 5.91 Å². The van der Waals surface area contributed by atoms with Crippen LogP contribution in [0.1, 0.15) is 59.6 Å². The highest BCUT2D eigenvalue weighted by atomic mass is 16.6. The third-order valence-electron chi connectivity index (χ3n) is 7.05. The molecule has 2 amide bonds. The third kappa shape index (κ3) is 7.30. The van der Waals surface area contributed by atoms with Crippen molar-refractivity contribution in [3.05, 3.63) is 119 Å². The minimum Gasteiger partial charge on any atom is -0.442 e. The van der Waals surface area contributed by atoms with Crippen LogP contribution in [0.15, 0.2) is 94.6 Å². The number of para-hydroxylation sites is 2. The van der Waals surface area contributed by atoms with E-state index in [1.54, 1.807) is 0 Å². The van der Waals surface area contributed by atoms with Gasteiger partial charge in [-0.1, -0.05) is 76.9 Å². The number of rotatable bonds is 8. The van der Waals surface area contributed by atoms with Gasteiger partial charge in [-0.05, 0) is 64.3 Å². The van der Waals surface area contributed by atoms with E-state index >= 15 is 0 Å². The van der Waals surface area contributed by atoms with Gasteiger partial charge in [0.05, 0.1) is 29.8 Å². The maximum Gasteiger partial charge on any atom is 0.437 e. The fourth-order valence-corrected chi connectivity index (χ4v) is 5.00. The van der Waals surface area contributed by atoms with Crippen LogP contribution in [0.3, 0.4) is 0 Å². The Labute approximate surface area is 250 Å². The molecule has 2 heterocycles. The van der Waals surface area contributed by atoms with Crippen LogP contribution >= 0.6 is 0 Å². The summed E-state index contributed by atoms with van der Waals surface area (Å²) in [7, 11) is 0. The van der Waals surface area contributed by atoms with Crippen molar-refractivity contribution in [2.45, 2.75) is 59.2 Å². The standard InChI is InChI=1S/C34H37N5O4/c1-23-10-14-25(15-11-23)20-27(21-35-31(40)30-18-19-36-43-30)39-29-9-7-6-8-28(29)38(22-26-16-12-24(2)13-17-26)32(39)37-33(41)42-34(3,4)5/h6-19,27H,20-22H2,1-5H3,(H,35,40)/t27-/m0/s1. The highest BCUT2D eigenvalue weighted by molar-refractivity contribution is 5.91. The maximum absolute atomic E-state index is 13.2. The number of carbonyl (C=O) groups is 2. The second-order valence-electron chi connectivity index (χ2n) is 11.8. The van der Waals surface area contributed by atoms with Gasteiger partial charge in [0, 0.05) is 12.6 Å². The monoisotopic (exact) mass is 579 g/mol. The fourth-order valence-electron chi connectivity index (χ4n) is 5.00. The Balaban J connectivity index is 1.68. The normalized spacial score (nSPS) is 12.8. The van der Waals surface area contributed by atoms with Crippen LogP contribution < -0.4 is 10.9 Å². The van der Waals surface area contributed by atoms with Gasteiger partial charge >= 0.3 is 6.09 Å². The van der Waals surface area contributed by atoms with Gasteiger partial charge in [-0.3, -0.25) is 4.79 Å². The Hall–Kier alpha value is -4.92. The van der Waals surface area contributed by atoms with Crippen molar-refractivity contribution in [3.8, 4) is 0 Å². The van der Waals surface area contributed by atoms with Gasteiger partial charge < -0.3 is 23.7 Å². The molecule has 0 radical (unpaired) electrons. The predicted octanol–water partition coefficient (Wildman–Crippen LogP) is 6.15. The summed E-state index contributed by atoms with van der Waals surface area (Å²) in [5, 5.41) is 6.66. The molecule has 0 saturated carbocycles. The molecule has 3 aromatic carbocycles. The van der Waals surface area contributed by atoms with E-state index in [2.05, 4.69) is 70.9 Å². The zero-order valence-corrected chi connectivity index (χ0v) is 25.2. The number of imidazole rings is 1. The summed E-state index contributed by atoms with van der Waals surface area (Å²) in [6, 6.07) is 25.7. The number of aromatic nitrogens is 3. The Kier molecular flexibility index (Phi) is 8.61. The lowest BCUT2D eigenvalue weighted by Gasteiger charge is -2.21. The predicted molar refractivity (Wildman–Crippen MR) is 165 cm³/mol. The van der Waals surface area contributed by atoms with E-state index < -0.39 is 11.7 Å². The summed E-state index contributed by atoms with van der Waals surface area (Å²) in [5.74, 6) is -0.249. The van der Waals surface area contributed by atoms with Gasteiger partial charge in [0.1, 0.15) is 5.60 Å². The number of amides is 2. The van der Waals surface area contributed by atoms with E-state index in [-0.39, 0.29) is 24.3 Å². The van der Waals surface area contributed by atoms with E-state index in [0.29, 0.717) is 18.6 Å². The first-order valence-electron chi connectivity index (χ1n) is 14.3. The molecule has 2 aromatic heterocycles. The molecule has 222 valence electrons. The number of carbonyl (C=O) groups excluding carboxylic acids is 2. The average molecular weight is 580 g/mol. The van der Waals surface area contributed by atoms with Crippen molar-refractivity contribution in [3.63, 3.8) is 0 Å². The van der Waals surface area contributed by atoms with E-state index in [9.17, 15) is 9.59 Å². The summed E-state index contributed by atoms with van der Waals surface area (Å²) in [5.41, 5.74) is 5.96. The van der Waals surface area contributed by atoms with E-state index in [4.69, 9.17) is 9.26 Å². The number of ether oxygens (including phenoxy) is 1. The SMILES string of the molecule is Cc1ccc(C[C@@H](CNC(=O)c2ccno2)n2c(=NC(=O)OC(C)(C)C)n(Cc3ccc(C)cc3)c3ccccc32)cc1. The summed E-state index contributed by atoms with van der Waals surface area (Å²) < 4.78 is 14.8. The second kappa shape index (κ2) is 12.5. The van der Waals surface area contributed by atoms with Crippen LogP contribution in [0.2, 0.25) is 0 Å². The number of aryl methyl sites for hydroxylation is 2. The average Bonchev–Trinajstić information content (AvgIpc) is 3.60. The van der Waals surface area contributed by atoms with Crippen molar-refractivity contribution in [2.75, 3.05) is 6.54 Å². The molecule has 0 aliphatic rings. The molecule has 9 heteroatoms. The van der Waals surface area contributed by atoms with Gasteiger partial charge in [0.2, 0.25) is 11.4 Å². The van der Waals surface area contributed by atoms with Crippen molar-refractivity contribution < 1.29 is 18.8 Å². The number of fused-ring (bicyclic) bond motifs is 1. The number of benzene rings is 3. The number of hydrogen-bond acceptors (Lipinski definition) is 5. The zero-order chi connectivity index (χ0) is 30.6. The highest BCUT2D eigenvalue weighted by Gasteiger charge is 2.24. The fraction of sp³-hybridized carbons (Fsp3) is 0.294. The number of hydrogen-bond donors (Lipinski definition) is 1. The van der Waals surface area contributed by atoms with Crippen LogP contribution in [0.4, 0.5) is 4.79 Å². The minimum absolute atomic E-state index is 0.125. The lowest BCUT2D eigenvalue weighted by molar-refractivity contribution is 0.0592. The molecule has 5 rings (SSSR count). The van der Waals surface area contributed by atoms with Crippen molar-refractivity contribution in [1.82, 2.24) is 19.6 Å². The maximum atomic E-state index is 13.2. The molecule has 0 unspecified atom stereocenters. The zero-order valence-electron chi connectivity index (χ0n) is 25.2. The van der Waals surface area contributed by atoms with Crippen LogP contribution in [0, 0.1) is 13.8 Å². The van der Waals surface area contributed by atoms with E-state index in [1.165, 1.54) is 12.3 Å². The largest absolute Gasteiger partial charge is 0.442 e. The molecular formula is C34H37N5O4. The van der Waals surface area contributed by atoms with Crippen molar-refractivity contribution >= 4 is 23.0 Å². The van der Waals surface area contributed by atoms with Crippen LogP contribution in [-0.4, -0.2) is 38.4 Å². The Morgan fingerprint density at radius 3 is 2.14 bits per heavy atom. The minimum atomic E-state index is -0.717. The smallest absolute Gasteiger partial charge is 0.437 e. The quantitative estimate of drug-likeness (QED) is 0.238. The lowest BCUT2D eigenvalue weighted by Crippen LogP contribution is -2.38. The molecule has 0 aliphatic heterocycles. The molecule has 1 N–H and O–H groups in total.